The first kappa shape index (κ1) is 25.6. The van der Waals surface area contributed by atoms with Gasteiger partial charge in [0.15, 0.2) is 0 Å². The van der Waals surface area contributed by atoms with Gasteiger partial charge in [0.2, 0.25) is 17.7 Å². The number of nitrogens with zero attached hydrogens (tertiary/aromatic N) is 2. The number of hydrogen-bond acceptors (Lipinski definition) is 4. The molecule has 1 aromatic rings. The highest BCUT2D eigenvalue weighted by Crippen LogP contribution is 2.34. The van der Waals surface area contributed by atoms with Gasteiger partial charge in [0.05, 0.1) is 5.92 Å². The summed E-state index contributed by atoms with van der Waals surface area (Å²) in [5, 5.41) is 5.61. The highest BCUT2D eigenvalue weighted by Gasteiger charge is 2.47. The summed E-state index contributed by atoms with van der Waals surface area (Å²) in [5.41, 5.74) is 0.759. The Morgan fingerprint density at radius 1 is 1.03 bits per heavy atom. The molecule has 1 heterocycles. The molecule has 2 N–H and O–H groups in total. The van der Waals surface area contributed by atoms with Gasteiger partial charge in [-0.1, -0.05) is 31.9 Å². The van der Waals surface area contributed by atoms with Crippen LogP contribution in [0.15, 0.2) is 24.3 Å². The Morgan fingerprint density at radius 2 is 1.76 bits per heavy atom. The molecule has 2 aliphatic rings. The summed E-state index contributed by atoms with van der Waals surface area (Å²) in [7, 11) is 0. The van der Waals surface area contributed by atoms with Crippen molar-refractivity contribution < 1.29 is 23.6 Å². The van der Waals surface area contributed by atoms with E-state index in [2.05, 4.69) is 10.6 Å². The minimum atomic E-state index is -0.430. The number of imide groups is 1. The minimum Gasteiger partial charge on any atom is -0.356 e. The second kappa shape index (κ2) is 12.5. The zero-order valence-corrected chi connectivity index (χ0v) is 19.9. The number of fused-ring (bicyclic) bond motifs is 1. The van der Waals surface area contributed by atoms with E-state index in [1.807, 2.05) is 6.92 Å². The van der Waals surface area contributed by atoms with Crippen molar-refractivity contribution in [1.29, 1.82) is 0 Å². The number of rotatable bonds is 11. The Hall–Kier alpha value is -2.97. The fraction of sp³-hybridized carbons (Fsp3) is 0.600. The van der Waals surface area contributed by atoms with Crippen LogP contribution in [0.25, 0.3) is 0 Å². The first-order valence-electron chi connectivity index (χ1n) is 12.3. The van der Waals surface area contributed by atoms with Crippen molar-refractivity contribution >= 4 is 23.8 Å². The average molecular weight is 475 g/mol. The molecule has 2 fully saturated rings. The molecule has 186 valence electrons. The van der Waals surface area contributed by atoms with Crippen molar-refractivity contribution in [3.8, 4) is 0 Å². The Morgan fingerprint density at radius 3 is 2.50 bits per heavy atom. The van der Waals surface area contributed by atoms with E-state index in [4.69, 9.17) is 0 Å². The number of carbonyl (C=O) groups is 4. The first-order valence-corrected chi connectivity index (χ1v) is 12.3. The lowest BCUT2D eigenvalue weighted by Gasteiger charge is -2.46. The summed E-state index contributed by atoms with van der Waals surface area (Å²) in [6.07, 6.45) is 5.62. The van der Waals surface area contributed by atoms with E-state index in [-0.39, 0.29) is 55.1 Å². The third-order valence-corrected chi connectivity index (χ3v) is 6.51. The van der Waals surface area contributed by atoms with Crippen LogP contribution in [0, 0.1) is 11.7 Å². The number of hydrogen-bond donors (Lipinski definition) is 2. The van der Waals surface area contributed by atoms with E-state index in [0.29, 0.717) is 38.6 Å². The van der Waals surface area contributed by atoms with Gasteiger partial charge >= 0.3 is 6.03 Å². The fourth-order valence-electron chi connectivity index (χ4n) is 4.68. The molecule has 0 bridgehead atoms. The SMILES string of the molecule is CCCNC(=O)CCCCN1C(=O)C2CCCCC2N(CC(=O)NCc2ccc(F)cc2)C1=O. The zero-order chi connectivity index (χ0) is 24.5. The van der Waals surface area contributed by atoms with E-state index in [1.54, 1.807) is 17.0 Å². The second-order valence-electron chi connectivity index (χ2n) is 9.07. The maximum atomic E-state index is 13.2. The van der Waals surface area contributed by atoms with Crippen LogP contribution in [0.3, 0.4) is 0 Å². The molecular formula is C25H35FN4O4. The van der Waals surface area contributed by atoms with E-state index in [0.717, 1.165) is 24.8 Å². The van der Waals surface area contributed by atoms with Gasteiger partial charge in [-0.2, -0.15) is 0 Å². The van der Waals surface area contributed by atoms with Crippen molar-refractivity contribution in [2.45, 2.75) is 70.9 Å². The van der Waals surface area contributed by atoms with Crippen LogP contribution in [0.1, 0.15) is 63.9 Å². The van der Waals surface area contributed by atoms with Crippen LogP contribution in [0.4, 0.5) is 9.18 Å². The molecule has 5 amide bonds. The summed E-state index contributed by atoms with van der Waals surface area (Å²) >= 11 is 0. The van der Waals surface area contributed by atoms with Gasteiger partial charge in [-0.3, -0.25) is 19.3 Å². The van der Waals surface area contributed by atoms with Crippen molar-refractivity contribution in [2.24, 2.45) is 5.92 Å². The lowest BCUT2D eigenvalue weighted by Crippen LogP contribution is -2.63. The third kappa shape index (κ3) is 6.77. The Bertz CT molecular complexity index is 876. The van der Waals surface area contributed by atoms with Crippen LogP contribution >= 0.6 is 0 Å². The van der Waals surface area contributed by atoms with Crippen LogP contribution < -0.4 is 10.6 Å². The number of carbonyl (C=O) groups excluding carboxylic acids is 4. The Balaban J connectivity index is 1.57. The van der Waals surface area contributed by atoms with Gasteiger partial charge in [-0.05, 0) is 49.8 Å². The molecule has 2 atom stereocenters. The largest absolute Gasteiger partial charge is 0.356 e. The summed E-state index contributed by atoms with van der Waals surface area (Å²) in [5.74, 6) is -1.13. The molecule has 1 aliphatic carbocycles. The summed E-state index contributed by atoms with van der Waals surface area (Å²) in [6, 6.07) is 5.17. The van der Waals surface area contributed by atoms with Crippen LogP contribution in [0.2, 0.25) is 0 Å². The lowest BCUT2D eigenvalue weighted by atomic mass is 9.81. The minimum absolute atomic E-state index is 0.0232. The predicted octanol–water partition coefficient (Wildman–Crippen LogP) is 2.96. The number of halogens is 1. The van der Waals surface area contributed by atoms with Gasteiger partial charge in [-0.15, -0.1) is 0 Å². The molecule has 0 spiro atoms. The summed E-state index contributed by atoms with van der Waals surface area (Å²) < 4.78 is 13.1. The van der Waals surface area contributed by atoms with Crippen molar-refractivity contribution in [3.05, 3.63) is 35.6 Å². The normalized spacial score (nSPS) is 20.2. The highest BCUT2D eigenvalue weighted by molar-refractivity contribution is 6.00. The molecule has 34 heavy (non-hydrogen) atoms. The lowest BCUT2D eigenvalue weighted by molar-refractivity contribution is -0.142. The van der Waals surface area contributed by atoms with Crippen LogP contribution in [-0.4, -0.2) is 59.2 Å². The highest BCUT2D eigenvalue weighted by atomic mass is 19.1. The smallest absolute Gasteiger partial charge is 0.327 e. The molecular weight excluding hydrogens is 439 g/mol. The molecule has 1 saturated heterocycles. The molecule has 1 aliphatic heterocycles. The van der Waals surface area contributed by atoms with Gasteiger partial charge in [0.25, 0.3) is 0 Å². The number of amides is 5. The Labute approximate surface area is 200 Å². The molecule has 3 rings (SSSR count). The van der Waals surface area contributed by atoms with E-state index in [1.165, 1.54) is 17.0 Å². The van der Waals surface area contributed by atoms with Gasteiger partial charge in [0, 0.05) is 32.1 Å². The third-order valence-electron chi connectivity index (χ3n) is 6.51. The molecule has 9 heteroatoms. The van der Waals surface area contributed by atoms with Crippen molar-refractivity contribution in [3.63, 3.8) is 0 Å². The second-order valence-corrected chi connectivity index (χ2v) is 9.07. The number of unbranched alkanes of at least 4 members (excludes halogenated alkanes) is 1. The topological polar surface area (TPSA) is 98.8 Å². The summed E-state index contributed by atoms with van der Waals surface area (Å²) in [4.78, 5) is 53.6. The first-order chi connectivity index (χ1) is 16.4. The molecule has 0 radical (unpaired) electrons. The monoisotopic (exact) mass is 474 g/mol. The number of nitrogens with one attached hydrogen (secondary N) is 2. The zero-order valence-electron chi connectivity index (χ0n) is 19.9. The number of benzene rings is 1. The maximum absolute atomic E-state index is 13.2. The van der Waals surface area contributed by atoms with E-state index >= 15 is 0 Å². The number of urea groups is 1. The van der Waals surface area contributed by atoms with E-state index < -0.39 is 6.03 Å². The van der Waals surface area contributed by atoms with Crippen molar-refractivity contribution in [2.75, 3.05) is 19.6 Å². The maximum Gasteiger partial charge on any atom is 0.327 e. The Kier molecular flexibility index (Phi) is 9.42. The standard InChI is InChI=1S/C25H35FN4O4/c1-2-14-27-22(31)9-5-6-15-29-24(33)20-7-3-4-8-21(20)30(25(29)34)17-23(32)28-16-18-10-12-19(26)13-11-18/h10-13,20-21H,2-9,14-17H2,1H3,(H,27,31)(H,28,32). The molecule has 0 aromatic heterocycles. The van der Waals surface area contributed by atoms with Gasteiger partial charge in [0.1, 0.15) is 12.4 Å². The van der Waals surface area contributed by atoms with Gasteiger partial charge in [-0.25, -0.2) is 9.18 Å². The van der Waals surface area contributed by atoms with Gasteiger partial charge < -0.3 is 15.5 Å². The van der Waals surface area contributed by atoms with Crippen LogP contribution in [-0.2, 0) is 20.9 Å². The fourth-order valence-corrected chi connectivity index (χ4v) is 4.68. The molecule has 1 aromatic carbocycles. The summed E-state index contributed by atoms with van der Waals surface area (Å²) in [6.45, 7) is 2.99. The predicted molar refractivity (Wildman–Crippen MR) is 125 cm³/mol. The molecule has 2 unspecified atom stereocenters. The molecule has 1 saturated carbocycles. The molecule has 8 nitrogen and oxygen atoms in total. The van der Waals surface area contributed by atoms with E-state index in [9.17, 15) is 23.6 Å². The quantitative estimate of drug-likeness (QED) is 0.482. The van der Waals surface area contributed by atoms with Crippen LogP contribution in [0.5, 0.6) is 0 Å². The average Bonchev–Trinajstić information content (AvgIpc) is 2.84. The van der Waals surface area contributed by atoms with Crippen molar-refractivity contribution in [1.82, 2.24) is 20.4 Å².